The molecule has 0 N–H and O–H groups in total. The number of carbonyl (C=O) groups is 1. The van der Waals surface area contributed by atoms with Crippen molar-refractivity contribution in [2.75, 3.05) is 38.2 Å². The number of amides is 1. The van der Waals surface area contributed by atoms with Gasteiger partial charge in [-0.1, -0.05) is 24.8 Å². The molecule has 2 fully saturated rings. The lowest BCUT2D eigenvalue weighted by Crippen LogP contribution is -2.45. The normalized spacial score (nSPS) is 22.5. The van der Waals surface area contributed by atoms with Crippen LogP contribution in [0.1, 0.15) is 55.0 Å². The fraction of sp³-hybridized carbons (Fsp3) is 0.455. The predicted octanol–water partition coefficient (Wildman–Crippen LogP) is 4.98. The van der Waals surface area contributed by atoms with Crippen molar-refractivity contribution in [1.82, 2.24) is 19.8 Å². The van der Waals surface area contributed by atoms with Gasteiger partial charge in [-0.25, -0.2) is 4.39 Å². The van der Waals surface area contributed by atoms with Gasteiger partial charge in [0.25, 0.3) is 0 Å². The Morgan fingerprint density at radius 1 is 1.19 bits per heavy atom. The van der Waals surface area contributed by atoms with Crippen LogP contribution in [-0.4, -0.2) is 71.0 Å². The highest BCUT2D eigenvalue weighted by Crippen LogP contribution is 2.38. The van der Waals surface area contributed by atoms with Gasteiger partial charge >= 0.3 is 6.01 Å². The van der Waals surface area contributed by atoms with Crippen LogP contribution in [0.4, 0.5) is 10.1 Å². The van der Waals surface area contributed by atoms with Crippen LogP contribution in [0, 0.1) is 17.1 Å². The van der Waals surface area contributed by atoms with E-state index in [0.717, 1.165) is 72.2 Å². The van der Waals surface area contributed by atoms with Crippen molar-refractivity contribution in [1.29, 1.82) is 5.26 Å². The van der Waals surface area contributed by atoms with Crippen molar-refractivity contribution in [3.8, 4) is 12.1 Å². The number of carbonyl (C=O) groups excluding carboxylic acids is 1. The molecule has 0 aliphatic carbocycles. The Labute approximate surface area is 246 Å². The number of hydrogen-bond donors (Lipinski definition) is 0. The molecule has 2 aromatic carbocycles. The van der Waals surface area contributed by atoms with Crippen molar-refractivity contribution in [3.05, 3.63) is 71.8 Å². The van der Waals surface area contributed by atoms with E-state index in [2.05, 4.69) is 29.5 Å². The second kappa shape index (κ2) is 12.1. The molecule has 42 heavy (non-hydrogen) atoms. The number of rotatable bonds is 7. The number of halogens is 1. The van der Waals surface area contributed by atoms with E-state index < -0.39 is 0 Å². The summed E-state index contributed by atoms with van der Waals surface area (Å²) in [4.78, 5) is 28.8. The third kappa shape index (κ3) is 5.56. The standard InChI is InChI=1S/C33H37FN6O2/c1-3-31(41)40-17-12-23(18-25(40)11-14-35)32-27-13-16-39(30-8-4-6-22-9-10-24(34)19-28(22)30)20-29(27)36-33(37-32)42-21-26-7-5-15-38(26)2/h3-4,6,8-10,19,23,25-26H,1,5,7,11-13,15-18,20-21H2,2H3/t23?,25?,26-/m0/s1. The smallest absolute Gasteiger partial charge is 0.316 e. The van der Waals surface area contributed by atoms with E-state index in [0.29, 0.717) is 38.2 Å². The number of fused-ring (bicyclic) bond motifs is 2. The number of nitrogens with zero attached hydrogens (tertiary/aromatic N) is 6. The molecule has 3 atom stereocenters. The monoisotopic (exact) mass is 568 g/mol. The Balaban J connectivity index is 1.33. The molecule has 0 radical (unpaired) electrons. The number of hydrogen-bond acceptors (Lipinski definition) is 7. The minimum Gasteiger partial charge on any atom is -0.462 e. The predicted molar refractivity (Wildman–Crippen MR) is 160 cm³/mol. The highest BCUT2D eigenvalue weighted by molar-refractivity contribution is 5.94. The van der Waals surface area contributed by atoms with Crippen molar-refractivity contribution in [2.45, 2.75) is 63.1 Å². The van der Waals surface area contributed by atoms with Crippen LogP contribution in [0.3, 0.4) is 0 Å². The molecule has 3 aliphatic heterocycles. The zero-order valence-electron chi connectivity index (χ0n) is 24.1. The van der Waals surface area contributed by atoms with E-state index in [1.807, 2.05) is 24.3 Å². The number of ether oxygens (including phenoxy) is 1. The molecule has 8 nitrogen and oxygen atoms in total. The van der Waals surface area contributed by atoms with Crippen LogP contribution in [0.25, 0.3) is 10.8 Å². The molecule has 3 aromatic rings. The largest absolute Gasteiger partial charge is 0.462 e. The van der Waals surface area contributed by atoms with Crippen molar-refractivity contribution in [2.24, 2.45) is 0 Å². The van der Waals surface area contributed by atoms with E-state index >= 15 is 0 Å². The van der Waals surface area contributed by atoms with Gasteiger partial charge in [-0.05, 0) is 80.9 Å². The molecule has 6 rings (SSSR count). The topological polar surface area (TPSA) is 85.6 Å². The fourth-order valence-corrected chi connectivity index (χ4v) is 6.91. The minimum atomic E-state index is -0.252. The zero-order valence-corrected chi connectivity index (χ0v) is 24.1. The first-order valence-corrected chi connectivity index (χ1v) is 14.9. The summed E-state index contributed by atoms with van der Waals surface area (Å²) >= 11 is 0. The third-order valence-corrected chi connectivity index (χ3v) is 9.20. The van der Waals surface area contributed by atoms with E-state index in [-0.39, 0.29) is 30.1 Å². The molecule has 0 spiro atoms. The summed E-state index contributed by atoms with van der Waals surface area (Å²) < 4.78 is 20.5. The van der Waals surface area contributed by atoms with Gasteiger partial charge in [-0.3, -0.25) is 4.79 Å². The summed E-state index contributed by atoms with van der Waals surface area (Å²) in [6.45, 7) is 7.12. The quantitative estimate of drug-likeness (QED) is 0.372. The van der Waals surface area contributed by atoms with Crippen LogP contribution in [-0.2, 0) is 17.8 Å². The Kier molecular flexibility index (Phi) is 8.07. The minimum absolute atomic E-state index is 0.0867. The average molecular weight is 569 g/mol. The van der Waals surface area contributed by atoms with Crippen LogP contribution in [0.15, 0.2) is 49.1 Å². The van der Waals surface area contributed by atoms with Gasteiger partial charge in [0, 0.05) is 42.2 Å². The maximum atomic E-state index is 14.3. The molecule has 0 saturated carbocycles. The van der Waals surface area contributed by atoms with E-state index in [1.54, 1.807) is 11.0 Å². The summed E-state index contributed by atoms with van der Waals surface area (Å²) in [7, 11) is 2.12. The molecular formula is C33H37FN6O2. The highest BCUT2D eigenvalue weighted by Gasteiger charge is 2.35. The lowest BCUT2D eigenvalue weighted by atomic mass is 9.83. The first kappa shape index (κ1) is 28.1. The summed E-state index contributed by atoms with van der Waals surface area (Å²) in [6.07, 6.45) is 6.00. The van der Waals surface area contributed by atoms with Crippen molar-refractivity contribution >= 4 is 22.4 Å². The second-order valence-corrected chi connectivity index (χ2v) is 11.7. The molecule has 4 heterocycles. The maximum absolute atomic E-state index is 14.3. The van der Waals surface area contributed by atoms with Gasteiger partial charge in [-0.15, -0.1) is 0 Å². The third-order valence-electron chi connectivity index (χ3n) is 9.20. The van der Waals surface area contributed by atoms with Gasteiger partial charge in [0.2, 0.25) is 5.91 Å². The van der Waals surface area contributed by atoms with E-state index in [4.69, 9.17) is 14.7 Å². The molecule has 2 unspecified atom stereocenters. The first-order chi connectivity index (χ1) is 20.4. The van der Waals surface area contributed by atoms with E-state index in [1.165, 1.54) is 12.1 Å². The van der Waals surface area contributed by atoms with Crippen molar-refractivity contribution < 1.29 is 13.9 Å². The van der Waals surface area contributed by atoms with Gasteiger partial charge in [0.15, 0.2) is 0 Å². The lowest BCUT2D eigenvalue weighted by Gasteiger charge is -2.39. The van der Waals surface area contributed by atoms with Gasteiger partial charge in [0.1, 0.15) is 12.4 Å². The summed E-state index contributed by atoms with van der Waals surface area (Å²) in [5.74, 6) is -0.299. The molecular weight excluding hydrogens is 531 g/mol. The van der Waals surface area contributed by atoms with Crippen LogP contribution in [0.5, 0.6) is 6.01 Å². The van der Waals surface area contributed by atoms with Gasteiger partial charge in [-0.2, -0.15) is 15.2 Å². The van der Waals surface area contributed by atoms with Crippen LogP contribution < -0.4 is 9.64 Å². The highest BCUT2D eigenvalue weighted by atomic mass is 19.1. The SMILES string of the molecule is C=CC(=O)N1CCC(c2nc(OC[C@@H]3CCCN3C)nc3c2CCN(c2cccc4ccc(F)cc24)C3)CC1CC#N. The molecule has 1 aromatic heterocycles. The molecule has 218 valence electrons. The van der Waals surface area contributed by atoms with E-state index in [9.17, 15) is 14.4 Å². The number of benzene rings is 2. The summed E-state index contributed by atoms with van der Waals surface area (Å²) in [6, 6.07) is 13.8. The Morgan fingerprint density at radius 2 is 2.07 bits per heavy atom. The maximum Gasteiger partial charge on any atom is 0.316 e. The Morgan fingerprint density at radius 3 is 2.86 bits per heavy atom. The Hall–Kier alpha value is -4.03. The van der Waals surface area contributed by atoms with Crippen LogP contribution >= 0.6 is 0 Å². The fourth-order valence-electron chi connectivity index (χ4n) is 6.91. The average Bonchev–Trinajstić information content (AvgIpc) is 3.43. The molecule has 9 heteroatoms. The van der Waals surface area contributed by atoms with Gasteiger partial charge < -0.3 is 19.4 Å². The molecule has 0 bridgehead atoms. The zero-order chi connectivity index (χ0) is 29.2. The Bertz CT molecular complexity index is 1540. The number of likely N-dealkylation sites (N-methyl/N-ethyl adjacent to an activating group) is 1. The molecule has 2 saturated heterocycles. The second-order valence-electron chi connectivity index (χ2n) is 11.7. The lowest BCUT2D eigenvalue weighted by molar-refractivity contribution is -0.129. The summed E-state index contributed by atoms with van der Waals surface area (Å²) in [5.41, 5.74) is 4.02. The number of anilines is 1. The summed E-state index contributed by atoms with van der Waals surface area (Å²) in [5, 5.41) is 11.4. The number of likely N-dealkylation sites (tertiary alicyclic amines) is 2. The number of nitriles is 1. The van der Waals surface area contributed by atoms with Gasteiger partial charge in [0.05, 0.1) is 30.4 Å². The number of piperidine rings is 1. The molecule has 1 amide bonds. The number of aromatic nitrogens is 2. The van der Waals surface area contributed by atoms with Crippen molar-refractivity contribution in [3.63, 3.8) is 0 Å². The van der Waals surface area contributed by atoms with Crippen LogP contribution in [0.2, 0.25) is 0 Å². The molecule has 3 aliphatic rings. The first-order valence-electron chi connectivity index (χ1n) is 14.9.